The number of hydrogen-bond donors (Lipinski definition) is 1. The number of halogens is 1. The van der Waals surface area contributed by atoms with Crippen LogP contribution in [0.5, 0.6) is 11.5 Å². The molecule has 0 fully saturated rings. The van der Waals surface area contributed by atoms with E-state index in [1.807, 2.05) is 24.3 Å². The smallest absolute Gasteiger partial charge is 0.161 e. The first kappa shape index (κ1) is 13.9. The Bertz CT molecular complexity index is 615. The molecule has 0 amide bonds. The molecule has 2 aromatic rings. The van der Waals surface area contributed by atoms with E-state index in [1.165, 1.54) is 6.07 Å². The average molecular weight is 287 g/mol. The van der Waals surface area contributed by atoms with Crippen LogP contribution >= 0.6 is 0 Å². The molecule has 4 heteroatoms. The fourth-order valence-corrected chi connectivity index (χ4v) is 2.36. The van der Waals surface area contributed by atoms with Gasteiger partial charge in [0.1, 0.15) is 19.0 Å². The number of benzene rings is 2. The molecule has 1 N–H and O–H groups in total. The maximum Gasteiger partial charge on any atom is 0.161 e. The van der Waals surface area contributed by atoms with Gasteiger partial charge in [-0.25, -0.2) is 4.39 Å². The van der Waals surface area contributed by atoms with Crippen LogP contribution in [0.4, 0.5) is 4.39 Å². The van der Waals surface area contributed by atoms with Crippen molar-refractivity contribution < 1.29 is 13.9 Å². The predicted molar refractivity (Wildman–Crippen MR) is 79.2 cm³/mol. The van der Waals surface area contributed by atoms with Crippen molar-refractivity contribution in [1.82, 2.24) is 5.32 Å². The van der Waals surface area contributed by atoms with Gasteiger partial charge in [0.25, 0.3) is 0 Å². The van der Waals surface area contributed by atoms with Crippen LogP contribution in [0, 0.1) is 5.82 Å². The standard InChI is InChI=1S/C17H18FNO2/c18-15-3-1-2-13(10-15)6-7-19-12-14-4-5-16-17(11-14)21-9-8-20-16/h1-5,10-11,19H,6-9,12H2. The van der Waals surface area contributed by atoms with Crippen molar-refractivity contribution >= 4 is 0 Å². The molecule has 0 bridgehead atoms. The minimum Gasteiger partial charge on any atom is -0.486 e. The van der Waals surface area contributed by atoms with E-state index in [0.29, 0.717) is 13.2 Å². The number of fused-ring (bicyclic) bond motifs is 1. The first-order valence-electron chi connectivity index (χ1n) is 7.15. The second-order valence-electron chi connectivity index (χ2n) is 5.03. The molecule has 3 nitrogen and oxygen atoms in total. The molecule has 110 valence electrons. The normalized spacial score (nSPS) is 13.2. The van der Waals surface area contributed by atoms with Gasteiger partial charge in [-0.3, -0.25) is 0 Å². The zero-order chi connectivity index (χ0) is 14.5. The molecule has 3 rings (SSSR count). The summed E-state index contributed by atoms with van der Waals surface area (Å²) in [6, 6.07) is 12.7. The Kier molecular flexibility index (Phi) is 4.36. The highest BCUT2D eigenvalue weighted by Crippen LogP contribution is 2.30. The Morgan fingerprint density at radius 1 is 0.952 bits per heavy atom. The molecule has 0 radical (unpaired) electrons. The van der Waals surface area contributed by atoms with Crippen molar-refractivity contribution in [3.63, 3.8) is 0 Å². The molecular weight excluding hydrogens is 269 g/mol. The zero-order valence-corrected chi connectivity index (χ0v) is 11.8. The van der Waals surface area contributed by atoms with Crippen LogP contribution in [0.25, 0.3) is 0 Å². The number of nitrogens with one attached hydrogen (secondary N) is 1. The Balaban J connectivity index is 1.49. The Morgan fingerprint density at radius 3 is 2.67 bits per heavy atom. The van der Waals surface area contributed by atoms with Gasteiger partial charge in [-0.05, 0) is 48.4 Å². The van der Waals surface area contributed by atoms with E-state index in [0.717, 1.165) is 42.1 Å². The molecular formula is C17H18FNO2. The lowest BCUT2D eigenvalue weighted by molar-refractivity contribution is 0.171. The van der Waals surface area contributed by atoms with Crippen LogP contribution < -0.4 is 14.8 Å². The molecule has 1 heterocycles. The molecule has 0 aliphatic carbocycles. The van der Waals surface area contributed by atoms with Crippen LogP contribution in [0.3, 0.4) is 0 Å². The highest BCUT2D eigenvalue weighted by molar-refractivity contribution is 5.43. The van der Waals surface area contributed by atoms with Crippen LogP contribution in [0.2, 0.25) is 0 Å². The lowest BCUT2D eigenvalue weighted by atomic mass is 10.1. The molecule has 1 aliphatic heterocycles. The maximum atomic E-state index is 13.1. The lowest BCUT2D eigenvalue weighted by Gasteiger charge is -2.19. The molecule has 0 saturated carbocycles. The summed E-state index contributed by atoms with van der Waals surface area (Å²) < 4.78 is 24.1. The second kappa shape index (κ2) is 6.59. The van der Waals surface area contributed by atoms with Gasteiger partial charge in [0.15, 0.2) is 11.5 Å². The Hall–Kier alpha value is -2.07. The summed E-state index contributed by atoms with van der Waals surface area (Å²) in [4.78, 5) is 0. The fraction of sp³-hybridized carbons (Fsp3) is 0.294. The first-order valence-corrected chi connectivity index (χ1v) is 7.15. The van der Waals surface area contributed by atoms with Crippen molar-refractivity contribution in [3.05, 3.63) is 59.4 Å². The van der Waals surface area contributed by atoms with Gasteiger partial charge in [0.05, 0.1) is 0 Å². The van der Waals surface area contributed by atoms with Crippen molar-refractivity contribution in [3.8, 4) is 11.5 Å². The molecule has 1 aliphatic rings. The fourth-order valence-electron chi connectivity index (χ4n) is 2.36. The minimum atomic E-state index is -0.181. The van der Waals surface area contributed by atoms with Crippen LogP contribution in [-0.4, -0.2) is 19.8 Å². The number of rotatable bonds is 5. The SMILES string of the molecule is Fc1cccc(CCNCc2ccc3c(c2)OCCO3)c1. The Morgan fingerprint density at radius 2 is 1.81 bits per heavy atom. The number of ether oxygens (including phenoxy) is 2. The summed E-state index contributed by atoms with van der Waals surface area (Å²) in [5, 5.41) is 3.36. The third-order valence-electron chi connectivity index (χ3n) is 3.42. The summed E-state index contributed by atoms with van der Waals surface area (Å²) in [7, 11) is 0. The molecule has 0 spiro atoms. The van der Waals surface area contributed by atoms with Gasteiger partial charge in [-0.1, -0.05) is 18.2 Å². The van der Waals surface area contributed by atoms with E-state index in [4.69, 9.17) is 9.47 Å². The van der Waals surface area contributed by atoms with E-state index in [9.17, 15) is 4.39 Å². The van der Waals surface area contributed by atoms with Gasteiger partial charge < -0.3 is 14.8 Å². The average Bonchev–Trinajstić information content (AvgIpc) is 2.51. The second-order valence-corrected chi connectivity index (χ2v) is 5.03. The van der Waals surface area contributed by atoms with Gasteiger partial charge >= 0.3 is 0 Å². The van der Waals surface area contributed by atoms with Gasteiger partial charge in [-0.15, -0.1) is 0 Å². The van der Waals surface area contributed by atoms with Crippen molar-refractivity contribution in [2.45, 2.75) is 13.0 Å². The predicted octanol–water partition coefficient (Wildman–Crippen LogP) is 2.93. The Labute approximate surface area is 123 Å². The van der Waals surface area contributed by atoms with Crippen molar-refractivity contribution in [1.29, 1.82) is 0 Å². The largest absolute Gasteiger partial charge is 0.486 e. The molecule has 0 atom stereocenters. The lowest BCUT2D eigenvalue weighted by Crippen LogP contribution is -2.18. The topological polar surface area (TPSA) is 30.5 Å². The monoisotopic (exact) mass is 287 g/mol. The summed E-state index contributed by atoms with van der Waals surface area (Å²) in [6.07, 6.45) is 0.808. The number of hydrogen-bond acceptors (Lipinski definition) is 3. The summed E-state index contributed by atoms with van der Waals surface area (Å²) in [5.41, 5.74) is 2.16. The van der Waals surface area contributed by atoms with Gasteiger partial charge in [0.2, 0.25) is 0 Å². The van der Waals surface area contributed by atoms with E-state index in [1.54, 1.807) is 12.1 Å². The van der Waals surface area contributed by atoms with E-state index < -0.39 is 0 Å². The van der Waals surface area contributed by atoms with Gasteiger partial charge in [-0.2, -0.15) is 0 Å². The van der Waals surface area contributed by atoms with Crippen molar-refractivity contribution in [2.75, 3.05) is 19.8 Å². The summed E-state index contributed by atoms with van der Waals surface area (Å²) >= 11 is 0. The van der Waals surface area contributed by atoms with Gasteiger partial charge in [0, 0.05) is 6.54 Å². The van der Waals surface area contributed by atoms with E-state index in [2.05, 4.69) is 5.32 Å². The summed E-state index contributed by atoms with van der Waals surface area (Å²) in [5.74, 6) is 1.44. The minimum absolute atomic E-state index is 0.181. The maximum absolute atomic E-state index is 13.1. The molecule has 21 heavy (non-hydrogen) atoms. The quantitative estimate of drug-likeness (QED) is 0.858. The molecule has 0 unspecified atom stereocenters. The highest BCUT2D eigenvalue weighted by atomic mass is 19.1. The molecule has 0 saturated heterocycles. The molecule has 0 aromatic heterocycles. The van der Waals surface area contributed by atoms with Crippen LogP contribution in [-0.2, 0) is 13.0 Å². The summed E-state index contributed by atoms with van der Waals surface area (Å²) in [6.45, 7) is 2.77. The van der Waals surface area contributed by atoms with Crippen LogP contribution in [0.15, 0.2) is 42.5 Å². The molecule has 2 aromatic carbocycles. The highest BCUT2D eigenvalue weighted by Gasteiger charge is 2.11. The zero-order valence-electron chi connectivity index (χ0n) is 11.8. The van der Waals surface area contributed by atoms with E-state index in [-0.39, 0.29) is 5.82 Å². The van der Waals surface area contributed by atoms with E-state index >= 15 is 0 Å². The van der Waals surface area contributed by atoms with Crippen LogP contribution in [0.1, 0.15) is 11.1 Å². The van der Waals surface area contributed by atoms with Crippen molar-refractivity contribution in [2.24, 2.45) is 0 Å². The third-order valence-corrected chi connectivity index (χ3v) is 3.42. The third kappa shape index (κ3) is 3.73. The first-order chi connectivity index (χ1) is 10.3.